The molecule has 3 heteroatoms. The summed E-state index contributed by atoms with van der Waals surface area (Å²) in [6.07, 6.45) is 1.06. The van der Waals surface area contributed by atoms with Crippen LogP contribution in [0.25, 0.3) is 0 Å². The molecule has 0 heterocycles. The molecule has 1 atom stereocenters. The normalized spacial score (nSPS) is 12.2. The Labute approximate surface area is 104 Å². The first-order chi connectivity index (χ1) is 8.26. The van der Waals surface area contributed by atoms with Crippen molar-refractivity contribution < 1.29 is 9.47 Å². The molecule has 0 amide bonds. The number of hydrogen-bond donors (Lipinski definition) is 1. The molecule has 1 aromatic carbocycles. The van der Waals surface area contributed by atoms with Crippen LogP contribution < -0.4 is 14.8 Å². The van der Waals surface area contributed by atoms with E-state index in [-0.39, 0.29) is 0 Å². The maximum Gasteiger partial charge on any atom is 0.161 e. The van der Waals surface area contributed by atoms with E-state index in [2.05, 4.69) is 31.3 Å². The molecule has 0 fully saturated rings. The van der Waals surface area contributed by atoms with Crippen LogP contribution in [0.3, 0.4) is 0 Å². The van der Waals surface area contributed by atoms with Gasteiger partial charge in [-0.1, -0.05) is 19.9 Å². The lowest BCUT2D eigenvalue weighted by Crippen LogP contribution is -2.20. The highest BCUT2D eigenvalue weighted by atomic mass is 16.5. The fourth-order valence-corrected chi connectivity index (χ4v) is 1.92. The minimum absolute atomic E-state index is 0.379. The SMILES string of the molecule is CCN[C@@H](CC)c1ccc(OCC)c(OC)c1. The molecule has 0 spiro atoms. The first kappa shape index (κ1) is 13.8. The molecule has 0 aliphatic carbocycles. The fraction of sp³-hybridized carbons (Fsp3) is 0.571. The summed E-state index contributed by atoms with van der Waals surface area (Å²) in [5.74, 6) is 1.62. The smallest absolute Gasteiger partial charge is 0.161 e. The van der Waals surface area contributed by atoms with Crippen LogP contribution in [0.5, 0.6) is 11.5 Å². The van der Waals surface area contributed by atoms with E-state index >= 15 is 0 Å². The molecule has 0 aliphatic heterocycles. The summed E-state index contributed by atoms with van der Waals surface area (Å²) in [5, 5.41) is 3.45. The summed E-state index contributed by atoms with van der Waals surface area (Å²) in [5.41, 5.74) is 1.25. The van der Waals surface area contributed by atoms with Crippen molar-refractivity contribution in [1.29, 1.82) is 0 Å². The number of rotatable bonds is 7. The number of nitrogens with one attached hydrogen (secondary N) is 1. The number of ether oxygens (including phenoxy) is 2. The summed E-state index contributed by atoms with van der Waals surface area (Å²) in [6, 6.07) is 6.52. The van der Waals surface area contributed by atoms with Gasteiger partial charge in [0.25, 0.3) is 0 Å². The van der Waals surface area contributed by atoms with Gasteiger partial charge in [-0.3, -0.25) is 0 Å². The Kier molecular flexibility index (Phi) is 5.84. The van der Waals surface area contributed by atoms with E-state index in [4.69, 9.17) is 9.47 Å². The van der Waals surface area contributed by atoms with Crippen molar-refractivity contribution >= 4 is 0 Å². The van der Waals surface area contributed by atoms with Crippen LogP contribution in [0.1, 0.15) is 38.8 Å². The molecule has 0 aliphatic rings. The van der Waals surface area contributed by atoms with E-state index in [9.17, 15) is 0 Å². The van der Waals surface area contributed by atoms with Crippen LogP contribution >= 0.6 is 0 Å². The van der Waals surface area contributed by atoms with Gasteiger partial charge < -0.3 is 14.8 Å². The van der Waals surface area contributed by atoms with Crippen molar-refractivity contribution in [2.75, 3.05) is 20.3 Å². The van der Waals surface area contributed by atoms with Crippen molar-refractivity contribution in [3.8, 4) is 11.5 Å². The zero-order valence-electron chi connectivity index (χ0n) is 11.2. The molecule has 1 aromatic rings. The molecule has 0 saturated carbocycles. The average Bonchev–Trinajstić information content (AvgIpc) is 2.37. The van der Waals surface area contributed by atoms with Gasteiger partial charge in [0.15, 0.2) is 11.5 Å². The number of methoxy groups -OCH3 is 1. The molecule has 1 N–H and O–H groups in total. The highest BCUT2D eigenvalue weighted by Gasteiger charge is 2.11. The van der Waals surface area contributed by atoms with Crippen LogP contribution in [0, 0.1) is 0 Å². The van der Waals surface area contributed by atoms with Crippen molar-refractivity contribution in [3.05, 3.63) is 23.8 Å². The molecule has 0 unspecified atom stereocenters. The molecule has 0 bridgehead atoms. The molecule has 17 heavy (non-hydrogen) atoms. The molecule has 0 aromatic heterocycles. The lowest BCUT2D eigenvalue weighted by molar-refractivity contribution is 0.310. The topological polar surface area (TPSA) is 30.5 Å². The third kappa shape index (κ3) is 3.63. The average molecular weight is 237 g/mol. The van der Waals surface area contributed by atoms with Gasteiger partial charge in [0.05, 0.1) is 13.7 Å². The number of benzene rings is 1. The van der Waals surface area contributed by atoms with Crippen molar-refractivity contribution in [2.45, 2.75) is 33.2 Å². The first-order valence-corrected chi connectivity index (χ1v) is 6.30. The van der Waals surface area contributed by atoms with Gasteiger partial charge in [-0.05, 0) is 37.6 Å². The van der Waals surface area contributed by atoms with Crippen LogP contribution in [-0.2, 0) is 0 Å². The third-order valence-corrected chi connectivity index (χ3v) is 2.75. The van der Waals surface area contributed by atoms with Crippen molar-refractivity contribution in [3.63, 3.8) is 0 Å². The zero-order valence-corrected chi connectivity index (χ0v) is 11.2. The van der Waals surface area contributed by atoms with E-state index in [0.29, 0.717) is 12.6 Å². The van der Waals surface area contributed by atoms with E-state index in [1.165, 1.54) is 5.56 Å². The third-order valence-electron chi connectivity index (χ3n) is 2.75. The molecular weight excluding hydrogens is 214 g/mol. The second-order valence-corrected chi connectivity index (χ2v) is 3.86. The maximum atomic E-state index is 5.51. The van der Waals surface area contributed by atoms with Crippen LogP contribution in [0.15, 0.2) is 18.2 Å². The fourth-order valence-electron chi connectivity index (χ4n) is 1.92. The lowest BCUT2D eigenvalue weighted by Gasteiger charge is -2.18. The quantitative estimate of drug-likeness (QED) is 0.790. The highest BCUT2D eigenvalue weighted by molar-refractivity contribution is 5.43. The Bertz CT molecular complexity index is 339. The minimum atomic E-state index is 0.379. The molecule has 0 radical (unpaired) electrons. The van der Waals surface area contributed by atoms with E-state index < -0.39 is 0 Å². The monoisotopic (exact) mass is 237 g/mol. The number of hydrogen-bond acceptors (Lipinski definition) is 3. The lowest BCUT2D eigenvalue weighted by atomic mass is 10.0. The van der Waals surface area contributed by atoms with Gasteiger partial charge in [0.1, 0.15) is 0 Å². The van der Waals surface area contributed by atoms with E-state index in [1.807, 2.05) is 13.0 Å². The second kappa shape index (κ2) is 7.17. The summed E-state index contributed by atoms with van der Waals surface area (Å²) < 4.78 is 10.9. The van der Waals surface area contributed by atoms with Gasteiger partial charge in [-0.25, -0.2) is 0 Å². The largest absolute Gasteiger partial charge is 0.493 e. The molecule has 96 valence electrons. The molecule has 1 rings (SSSR count). The van der Waals surface area contributed by atoms with Crippen LogP contribution in [-0.4, -0.2) is 20.3 Å². The van der Waals surface area contributed by atoms with E-state index in [0.717, 1.165) is 24.5 Å². The Morgan fingerprint density at radius 1 is 1.18 bits per heavy atom. The Morgan fingerprint density at radius 3 is 2.47 bits per heavy atom. The van der Waals surface area contributed by atoms with Crippen LogP contribution in [0.2, 0.25) is 0 Å². The standard InChI is InChI=1S/C14H23NO2/c1-5-12(15-6-2)11-8-9-13(17-7-3)14(10-11)16-4/h8-10,12,15H,5-7H2,1-4H3/t12-/m0/s1. The summed E-state index contributed by atoms with van der Waals surface area (Å²) in [7, 11) is 1.68. The molecular formula is C14H23NO2. The van der Waals surface area contributed by atoms with Gasteiger partial charge in [0.2, 0.25) is 0 Å². The first-order valence-electron chi connectivity index (χ1n) is 6.30. The van der Waals surface area contributed by atoms with Gasteiger partial charge >= 0.3 is 0 Å². The van der Waals surface area contributed by atoms with Crippen LogP contribution in [0.4, 0.5) is 0 Å². The Hall–Kier alpha value is -1.22. The molecule has 3 nitrogen and oxygen atoms in total. The molecule has 0 saturated heterocycles. The summed E-state index contributed by atoms with van der Waals surface area (Å²) in [4.78, 5) is 0. The van der Waals surface area contributed by atoms with Crippen molar-refractivity contribution in [2.24, 2.45) is 0 Å². The Morgan fingerprint density at radius 2 is 1.94 bits per heavy atom. The van der Waals surface area contributed by atoms with E-state index in [1.54, 1.807) is 7.11 Å². The predicted molar refractivity (Wildman–Crippen MR) is 70.9 cm³/mol. The van der Waals surface area contributed by atoms with Gasteiger partial charge in [-0.15, -0.1) is 0 Å². The maximum absolute atomic E-state index is 5.51. The summed E-state index contributed by atoms with van der Waals surface area (Å²) in [6.45, 7) is 7.89. The predicted octanol–water partition coefficient (Wildman–Crippen LogP) is 3.15. The highest BCUT2D eigenvalue weighted by Crippen LogP contribution is 2.31. The summed E-state index contributed by atoms with van der Waals surface area (Å²) >= 11 is 0. The van der Waals surface area contributed by atoms with Gasteiger partial charge in [0, 0.05) is 6.04 Å². The van der Waals surface area contributed by atoms with Crippen molar-refractivity contribution in [1.82, 2.24) is 5.32 Å². The second-order valence-electron chi connectivity index (χ2n) is 3.86. The van der Waals surface area contributed by atoms with Gasteiger partial charge in [-0.2, -0.15) is 0 Å². The minimum Gasteiger partial charge on any atom is -0.493 e. The Balaban J connectivity index is 2.94. The zero-order chi connectivity index (χ0) is 12.7.